The summed E-state index contributed by atoms with van der Waals surface area (Å²) < 4.78 is 1.48. The number of H-pyrrole nitrogens is 1. The van der Waals surface area contributed by atoms with Gasteiger partial charge in [0, 0.05) is 28.9 Å². The predicted octanol–water partition coefficient (Wildman–Crippen LogP) is 4.31. The number of halogens is 1. The van der Waals surface area contributed by atoms with Crippen molar-refractivity contribution in [1.82, 2.24) is 14.8 Å². The fourth-order valence-corrected chi connectivity index (χ4v) is 4.73. The smallest absolute Gasteiger partial charge is 0.264 e. The van der Waals surface area contributed by atoms with Gasteiger partial charge < -0.3 is 15.0 Å². The number of aromatic amines is 1. The topological polar surface area (TPSA) is 107 Å². The molecule has 2 aromatic carbocycles. The van der Waals surface area contributed by atoms with Crippen molar-refractivity contribution < 1.29 is 5.11 Å². The Labute approximate surface area is 192 Å². The average Bonchev–Trinajstić information content (AvgIpc) is 3.20. The number of anilines is 1. The molecule has 158 valence electrons. The van der Waals surface area contributed by atoms with E-state index in [-0.39, 0.29) is 16.9 Å². The number of nitriles is 1. The van der Waals surface area contributed by atoms with Gasteiger partial charge in [-0.15, -0.1) is 0 Å². The van der Waals surface area contributed by atoms with Gasteiger partial charge >= 0.3 is 0 Å². The maximum atomic E-state index is 13.3. The number of hydrogen-bond acceptors (Lipinski definition) is 5. The summed E-state index contributed by atoms with van der Waals surface area (Å²) in [6.07, 6.45) is 0. The molecule has 3 N–H and O–H groups in total. The first kappa shape index (κ1) is 20.2. The van der Waals surface area contributed by atoms with Crippen molar-refractivity contribution in [3.8, 4) is 23.1 Å². The molecule has 1 aliphatic heterocycles. The zero-order chi connectivity index (χ0) is 22.6. The van der Waals surface area contributed by atoms with Crippen LogP contribution in [0.25, 0.3) is 22.2 Å². The highest BCUT2D eigenvalue weighted by Crippen LogP contribution is 2.46. The molecule has 2 atom stereocenters. The zero-order valence-electron chi connectivity index (χ0n) is 16.8. The summed E-state index contributed by atoms with van der Waals surface area (Å²) in [5, 5.41) is 32.3. The van der Waals surface area contributed by atoms with Crippen LogP contribution in [0.1, 0.15) is 17.0 Å². The molecule has 0 saturated carbocycles. The molecule has 5 rings (SSSR count). The molecule has 7 nitrogen and oxygen atoms in total. The van der Waals surface area contributed by atoms with Gasteiger partial charge in [-0.3, -0.25) is 9.89 Å². The molecule has 0 saturated heterocycles. The number of thiocarbonyl (C=S) groups is 1. The molecule has 9 heteroatoms. The Morgan fingerprint density at radius 1 is 1.22 bits per heavy atom. The third-order valence-electron chi connectivity index (χ3n) is 5.87. The van der Waals surface area contributed by atoms with E-state index in [0.29, 0.717) is 38.0 Å². The molecule has 32 heavy (non-hydrogen) atoms. The molecule has 1 aliphatic rings. The van der Waals surface area contributed by atoms with E-state index in [9.17, 15) is 15.2 Å². The van der Waals surface area contributed by atoms with Gasteiger partial charge in [-0.05, 0) is 29.8 Å². The SMILES string of the molecule is Cn1c(=O)c(-c2[nH]nc3c2[C@@H](c2ccc(Cl)cc2)[C@H](C#N)C(=S)N3)c(O)c2ccccc21. The molecule has 0 spiro atoms. The zero-order valence-corrected chi connectivity index (χ0v) is 18.3. The molecule has 4 aromatic rings. The Hall–Kier alpha value is -3.67. The largest absolute Gasteiger partial charge is 0.506 e. The minimum atomic E-state index is -0.693. The van der Waals surface area contributed by atoms with E-state index in [2.05, 4.69) is 21.6 Å². The van der Waals surface area contributed by atoms with Gasteiger partial charge in [-0.25, -0.2) is 0 Å². The van der Waals surface area contributed by atoms with E-state index < -0.39 is 11.8 Å². The lowest BCUT2D eigenvalue weighted by Crippen LogP contribution is -2.32. The number of aromatic hydroxyl groups is 1. The Morgan fingerprint density at radius 3 is 2.66 bits per heavy atom. The third-order valence-corrected chi connectivity index (χ3v) is 6.47. The number of fused-ring (bicyclic) bond motifs is 2. The Kier molecular flexibility index (Phi) is 4.73. The van der Waals surface area contributed by atoms with Crippen LogP contribution in [-0.4, -0.2) is 24.9 Å². The first-order valence-electron chi connectivity index (χ1n) is 9.77. The predicted molar refractivity (Wildman–Crippen MR) is 127 cm³/mol. The van der Waals surface area contributed by atoms with E-state index in [1.54, 1.807) is 43.4 Å². The van der Waals surface area contributed by atoms with E-state index in [4.69, 9.17) is 23.8 Å². The van der Waals surface area contributed by atoms with Crippen LogP contribution in [0.3, 0.4) is 0 Å². The third kappa shape index (κ3) is 2.90. The molecule has 0 fully saturated rings. The fraction of sp³-hybridized carbons (Fsp3) is 0.130. The number of hydrogen-bond donors (Lipinski definition) is 3. The van der Waals surface area contributed by atoms with Crippen molar-refractivity contribution in [1.29, 1.82) is 5.26 Å². The highest BCUT2D eigenvalue weighted by atomic mass is 35.5. The van der Waals surface area contributed by atoms with E-state index in [0.717, 1.165) is 5.56 Å². The van der Waals surface area contributed by atoms with Gasteiger partial charge in [0.05, 0.1) is 22.3 Å². The number of pyridine rings is 1. The number of para-hydroxylation sites is 1. The van der Waals surface area contributed by atoms with Gasteiger partial charge in [0.1, 0.15) is 17.2 Å². The molecular formula is C23H16ClN5O2S. The number of aromatic nitrogens is 3. The van der Waals surface area contributed by atoms with Gasteiger partial charge in [-0.1, -0.05) is 48.1 Å². The number of nitrogens with one attached hydrogen (secondary N) is 2. The number of aryl methyl sites for hydroxylation is 1. The second-order valence-electron chi connectivity index (χ2n) is 7.59. The highest BCUT2D eigenvalue weighted by molar-refractivity contribution is 7.80. The van der Waals surface area contributed by atoms with Crippen LogP contribution in [0.5, 0.6) is 5.75 Å². The Balaban J connectivity index is 1.83. The maximum absolute atomic E-state index is 13.3. The summed E-state index contributed by atoms with van der Waals surface area (Å²) in [7, 11) is 1.65. The summed E-state index contributed by atoms with van der Waals surface area (Å²) >= 11 is 11.5. The van der Waals surface area contributed by atoms with Gasteiger partial charge in [0.25, 0.3) is 5.56 Å². The summed E-state index contributed by atoms with van der Waals surface area (Å²) in [4.78, 5) is 13.7. The lowest BCUT2D eigenvalue weighted by atomic mass is 9.78. The second-order valence-corrected chi connectivity index (χ2v) is 8.47. The molecule has 0 unspecified atom stereocenters. The van der Waals surface area contributed by atoms with E-state index in [1.807, 2.05) is 12.1 Å². The van der Waals surface area contributed by atoms with Crippen molar-refractivity contribution in [3.63, 3.8) is 0 Å². The van der Waals surface area contributed by atoms with E-state index >= 15 is 0 Å². The summed E-state index contributed by atoms with van der Waals surface area (Å²) in [6, 6.07) is 16.5. The quantitative estimate of drug-likeness (QED) is 0.384. The van der Waals surface area contributed by atoms with Gasteiger partial charge in [0.15, 0.2) is 5.82 Å². The molecule has 0 bridgehead atoms. The lowest BCUT2D eigenvalue weighted by molar-refractivity contribution is 0.481. The second kappa shape index (κ2) is 7.48. The van der Waals surface area contributed by atoms with Crippen molar-refractivity contribution in [2.24, 2.45) is 13.0 Å². The number of benzene rings is 2. The van der Waals surface area contributed by atoms with Crippen molar-refractivity contribution >= 4 is 45.5 Å². The van der Waals surface area contributed by atoms with Gasteiger partial charge in [0.2, 0.25) is 0 Å². The first-order valence-corrected chi connectivity index (χ1v) is 10.6. The van der Waals surface area contributed by atoms with E-state index in [1.165, 1.54) is 4.57 Å². The molecule has 0 aliphatic carbocycles. The average molecular weight is 462 g/mol. The van der Waals surface area contributed by atoms with Crippen molar-refractivity contribution in [2.75, 3.05) is 5.32 Å². The maximum Gasteiger partial charge on any atom is 0.264 e. The van der Waals surface area contributed by atoms with Crippen LogP contribution in [0.4, 0.5) is 5.82 Å². The van der Waals surface area contributed by atoms with Crippen LogP contribution >= 0.6 is 23.8 Å². The van der Waals surface area contributed by atoms with Crippen molar-refractivity contribution in [3.05, 3.63) is 75.0 Å². The summed E-state index contributed by atoms with van der Waals surface area (Å²) in [6.45, 7) is 0. The lowest BCUT2D eigenvalue weighted by Gasteiger charge is -2.29. The molecule has 0 amide bonds. The normalized spacial score (nSPS) is 17.6. The number of nitrogens with zero attached hydrogens (tertiary/aromatic N) is 3. The monoisotopic (exact) mass is 461 g/mol. The number of rotatable bonds is 2. The van der Waals surface area contributed by atoms with Gasteiger partial charge in [-0.2, -0.15) is 10.4 Å². The van der Waals surface area contributed by atoms with Crippen LogP contribution < -0.4 is 10.9 Å². The highest BCUT2D eigenvalue weighted by Gasteiger charge is 2.39. The summed E-state index contributed by atoms with van der Waals surface area (Å²) in [5.41, 5.74) is 2.05. The first-order chi connectivity index (χ1) is 15.4. The Morgan fingerprint density at radius 2 is 1.94 bits per heavy atom. The molecule has 2 aromatic heterocycles. The molecular weight excluding hydrogens is 446 g/mol. The molecule has 0 radical (unpaired) electrons. The minimum Gasteiger partial charge on any atom is -0.506 e. The fourth-order valence-electron chi connectivity index (χ4n) is 4.32. The van der Waals surface area contributed by atoms with Crippen LogP contribution in [0, 0.1) is 17.2 Å². The Bertz CT molecular complexity index is 1500. The standard InChI is InChI=1S/C23H16ClN5O2S/c1-29-15-5-3-2-4-13(15)20(30)18(23(29)31)19-17-16(11-6-8-12(24)9-7-11)14(10-25)22(32)26-21(17)28-27-19/h2-9,14,16,30H,1H3,(H2,26,27,28,32)/t14-,16-/m0/s1. The minimum absolute atomic E-state index is 0.0882. The van der Waals surface area contributed by atoms with Crippen LogP contribution in [0.2, 0.25) is 5.02 Å². The van der Waals surface area contributed by atoms with Crippen LogP contribution in [0.15, 0.2) is 53.3 Å². The van der Waals surface area contributed by atoms with Crippen LogP contribution in [-0.2, 0) is 7.05 Å². The van der Waals surface area contributed by atoms with Crippen molar-refractivity contribution in [2.45, 2.75) is 5.92 Å². The summed E-state index contributed by atoms with van der Waals surface area (Å²) in [5.74, 6) is -0.926. The molecule has 3 heterocycles.